The first-order valence-electron chi connectivity index (χ1n) is 5.75. The predicted octanol–water partition coefficient (Wildman–Crippen LogP) is 4.53. The van der Waals surface area contributed by atoms with Crippen LogP contribution in [0.1, 0.15) is 22.8 Å². The third-order valence-corrected chi connectivity index (χ3v) is 3.90. The molecule has 0 radical (unpaired) electrons. The van der Waals surface area contributed by atoms with Gasteiger partial charge in [-0.25, -0.2) is 0 Å². The summed E-state index contributed by atoms with van der Waals surface area (Å²) in [7, 11) is 0. The lowest BCUT2D eigenvalue weighted by Gasteiger charge is -2.13. The maximum Gasteiger partial charge on any atom is 0.0844 e. The summed E-state index contributed by atoms with van der Waals surface area (Å²) < 4.78 is 1.19. The van der Waals surface area contributed by atoms with Crippen LogP contribution >= 0.6 is 34.2 Å². The van der Waals surface area contributed by atoms with Gasteiger partial charge < -0.3 is 5.11 Å². The number of hydrogen-bond acceptors (Lipinski definition) is 1. The Kier molecular flexibility index (Phi) is 4.65. The highest BCUT2D eigenvalue weighted by molar-refractivity contribution is 14.1. The van der Waals surface area contributed by atoms with Crippen LogP contribution in [0.25, 0.3) is 0 Å². The molecule has 0 aromatic heterocycles. The lowest BCUT2D eigenvalue weighted by molar-refractivity contribution is 0.178. The Morgan fingerprint density at radius 3 is 2.44 bits per heavy atom. The summed E-state index contributed by atoms with van der Waals surface area (Å²) in [5.74, 6) is 0. The van der Waals surface area contributed by atoms with Gasteiger partial charge in [-0.3, -0.25) is 0 Å². The van der Waals surface area contributed by atoms with Crippen molar-refractivity contribution in [3.63, 3.8) is 0 Å². The summed E-state index contributed by atoms with van der Waals surface area (Å²) in [6.45, 7) is 1.99. The van der Waals surface area contributed by atoms with Gasteiger partial charge in [0.25, 0.3) is 0 Å². The van der Waals surface area contributed by atoms with Gasteiger partial charge in [-0.15, -0.1) is 0 Å². The van der Waals surface area contributed by atoms with E-state index in [1.54, 1.807) is 0 Å². The Labute approximate surface area is 126 Å². The molecule has 1 unspecified atom stereocenters. The quantitative estimate of drug-likeness (QED) is 0.785. The summed E-state index contributed by atoms with van der Waals surface area (Å²) in [6, 6.07) is 13.9. The van der Waals surface area contributed by atoms with E-state index < -0.39 is 6.10 Å². The van der Waals surface area contributed by atoms with Crippen LogP contribution in [0.5, 0.6) is 0 Å². The van der Waals surface area contributed by atoms with Crippen LogP contribution in [-0.4, -0.2) is 5.11 Å². The second-order valence-corrected chi connectivity index (χ2v) is 6.02. The zero-order chi connectivity index (χ0) is 13.1. The Balaban J connectivity index is 2.16. The third-order valence-electron chi connectivity index (χ3n) is 2.86. The van der Waals surface area contributed by atoms with Crippen molar-refractivity contribution in [3.8, 4) is 0 Å². The molecule has 0 bridgehead atoms. The van der Waals surface area contributed by atoms with Crippen LogP contribution in [-0.2, 0) is 6.42 Å². The summed E-state index contributed by atoms with van der Waals surface area (Å²) in [6.07, 6.45) is 0.0258. The normalized spacial score (nSPS) is 12.4. The summed E-state index contributed by atoms with van der Waals surface area (Å²) in [5, 5.41) is 10.9. The van der Waals surface area contributed by atoms with Gasteiger partial charge in [0.2, 0.25) is 0 Å². The third kappa shape index (κ3) is 3.46. The van der Waals surface area contributed by atoms with Crippen LogP contribution in [0, 0.1) is 10.5 Å². The maximum absolute atomic E-state index is 10.2. The number of aliphatic hydroxyl groups excluding tert-OH is 1. The molecule has 2 aromatic rings. The number of aliphatic hydroxyl groups is 1. The Bertz CT molecular complexity index is 537. The van der Waals surface area contributed by atoms with Gasteiger partial charge in [0.05, 0.1) is 6.10 Å². The molecule has 0 fully saturated rings. The van der Waals surface area contributed by atoms with Crippen LogP contribution < -0.4 is 0 Å². The molecule has 0 aliphatic rings. The standard InChI is InChI=1S/C15H14ClIO/c1-10-2-7-13(14(16)8-10)15(18)9-11-3-5-12(17)6-4-11/h2-8,15,18H,9H2,1H3. The zero-order valence-electron chi connectivity index (χ0n) is 10.0. The van der Waals surface area contributed by atoms with Crippen molar-refractivity contribution in [3.05, 3.63) is 67.7 Å². The highest BCUT2D eigenvalue weighted by atomic mass is 127. The average Bonchev–Trinajstić information content (AvgIpc) is 2.32. The second-order valence-electron chi connectivity index (χ2n) is 4.37. The van der Waals surface area contributed by atoms with Crippen molar-refractivity contribution in [2.45, 2.75) is 19.4 Å². The molecule has 18 heavy (non-hydrogen) atoms. The van der Waals surface area contributed by atoms with E-state index >= 15 is 0 Å². The number of rotatable bonds is 3. The van der Waals surface area contributed by atoms with Crippen LogP contribution in [0.4, 0.5) is 0 Å². The van der Waals surface area contributed by atoms with Crippen molar-refractivity contribution in [2.24, 2.45) is 0 Å². The van der Waals surface area contributed by atoms with Gasteiger partial charge in [-0.1, -0.05) is 35.9 Å². The molecular formula is C15H14ClIO. The van der Waals surface area contributed by atoms with Crippen LogP contribution in [0.2, 0.25) is 5.02 Å². The highest BCUT2D eigenvalue weighted by Gasteiger charge is 2.12. The Morgan fingerprint density at radius 1 is 1.17 bits per heavy atom. The summed E-state index contributed by atoms with van der Waals surface area (Å²) >= 11 is 8.42. The maximum atomic E-state index is 10.2. The first-order chi connectivity index (χ1) is 8.56. The average molecular weight is 373 g/mol. The Morgan fingerprint density at radius 2 is 1.83 bits per heavy atom. The minimum absolute atomic E-state index is 0.557. The molecule has 1 nitrogen and oxygen atoms in total. The Hall–Kier alpha value is -0.580. The van der Waals surface area contributed by atoms with Gasteiger partial charge >= 0.3 is 0 Å². The molecule has 0 amide bonds. The summed E-state index contributed by atoms with van der Waals surface area (Å²) in [5.41, 5.74) is 3.01. The molecule has 3 heteroatoms. The van der Waals surface area contributed by atoms with Gasteiger partial charge in [-0.05, 0) is 64.4 Å². The van der Waals surface area contributed by atoms with E-state index in [9.17, 15) is 5.11 Å². The van der Waals surface area contributed by atoms with E-state index in [-0.39, 0.29) is 0 Å². The predicted molar refractivity (Wildman–Crippen MR) is 84.0 cm³/mol. The highest BCUT2D eigenvalue weighted by Crippen LogP contribution is 2.26. The van der Waals surface area contributed by atoms with E-state index in [0.29, 0.717) is 11.4 Å². The molecule has 2 aromatic carbocycles. The molecule has 2 rings (SSSR count). The van der Waals surface area contributed by atoms with E-state index in [2.05, 4.69) is 22.6 Å². The number of hydrogen-bond donors (Lipinski definition) is 1. The van der Waals surface area contributed by atoms with E-state index in [0.717, 1.165) is 16.7 Å². The molecule has 0 aliphatic heterocycles. The topological polar surface area (TPSA) is 20.2 Å². The van der Waals surface area contributed by atoms with Crippen LogP contribution in [0.15, 0.2) is 42.5 Å². The molecule has 0 aliphatic carbocycles. The van der Waals surface area contributed by atoms with E-state index in [1.807, 2.05) is 49.4 Å². The monoisotopic (exact) mass is 372 g/mol. The number of halogens is 2. The smallest absolute Gasteiger partial charge is 0.0844 e. The van der Waals surface area contributed by atoms with Crippen molar-refractivity contribution >= 4 is 34.2 Å². The molecule has 0 saturated carbocycles. The van der Waals surface area contributed by atoms with Gasteiger partial charge in [-0.2, -0.15) is 0 Å². The van der Waals surface area contributed by atoms with E-state index in [4.69, 9.17) is 11.6 Å². The van der Waals surface area contributed by atoms with Gasteiger partial charge in [0, 0.05) is 15.0 Å². The number of aryl methyl sites for hydroxylation is 1. The van der Waals surface area contributed by atoms with Gasteiger partial charge in [0.15, 0.2) is 0 Å². The zero-order valence-corrected chi connectivity index (χ0v) is 12.9. The molecule has 94 valence electrons. The van der Waals surface area contributed by atoms with Crippen molar-refractivity contribution < 1.29 is 5.11 Å². The van der Waals surface area contributed by atoms with Gasteiger partial charge in [0.1, 0.15) is 0 Å². The summed E-state index contributed by atoms with van der Waals surface area (Å²) in [4.78, 5) is 0. The number of benzene rings is 2. The van der Waals surface area contributed by atoms with Crippen molar-refractivity contribution in [2.75, 3.05) is 0 Å². The van der Waals surface area contributed by atoms with E-state index in [1.165, 1.54) is 3.57 Å². The molecule has 0 saturated heterocycles. The molecule has 0 heterocycles. The fourth-order valence-electron chi connectivity index (χ4n) is 1.86. The molecule has 1 atom stereocenters. The second kappa shape index (κ2) is 6.04. The first kappa shape index (κ1) is 13.8. The van der Waals surface area contributed by atoms with Crippen molar-refractivity contribution in [1.82, 2.24) is 0 Å². The molecular weight excluding hydrogens is 359 g/mol. The minimum atomic E-state index is -0.557. The fraction of sp³-hybridized carbons (Fsp3) is 0.200. The molecule has 0 spiro atoms. The first-order valence-corrected chi connectivity index (χ1v) is 7.20. The minimum Gasteiger partial charge on any atom is -0.388 e. The fourth-order valence-corrected chi connectivity index (χ4v) is 2.58. The SMILES string of the molecule is Cc1ccc(C(O)Cc2ccc(I)cc2)c(Cl)c1. The van der Waals surface area contributed by atoms with Crippen LogP contribution in [0.3, 0.4) is 0 Å². The van der Waals surface area contributed by atoms with Crippen molar-refractivity contribution in [1.29, 1.82) is 0 Å². The molecule has 1 N–H and O–H groups in total. The lowest BCUT2D eigenvalue weighted by Crippen LogP contribution is -2.02. The lowest BCUT2D eigenvalue weighted by atomic mass is 10.0. The largest absolute Gasteiger partial charge is 0.388 e.